The fraction of sp³-hybridized carbons (Fsp3) is 0.625. The minimum absolute atomic E-state index is 0.285. The van der Waals surface area contributed by atoms with Gasteiger partial charge in [0, 0.05) is 24.2 Å². The van der Waals surface area contributed by atoms with Crippen LogP contribution in [0.4, 0.5) is 0 Å². The molecule has 0 amide bonds. The van der Waals surface area contributed by atoms with Crippen molar-refractivity contribution in [1.82, 2.24) is 9.80 Å². The number of hydrogen-bond acceptors (Lipinski definition) is 3. The largest absolute Gasteiger partial charge is 0.508 e. The SMILES string of the molecule is Cc1ccc(O)c(C(C)N2CCCC2CN(C)C)c1. The number of hydrogen-bond donors (Lipinski definition) is 1. The lowest BCUT2D eigenvalue weighted by atomic mass is 10.0. The van der Waals surface area contributed by atoms with Crippen molar-refractivity contribution in [1.29, 1.82) is 0 Å². The van der Waals surface area contributed by atoms with E-state index < -0.39 is 0 Å². The summed E-state index contributed by atoms with van der Waals surface area (Å²) in [5.74, 6) is 0.425. The van der Waals surface area contributed by atoms with Crippen LogP contribution in [0.5, 0.6) is 5.75 Å². The number of benzene rings is 1. The molecule has 2 rings (SSSR count). The highest BCUT2D eigenvalue weighted by Crippen LogP contribution is 2.34. The molecular weight excluding hydrogens is 236 g/mol. The summed E-state index contributed by atoms with van der Waals surface area (Å²) in [5, 5.41) is 10.1. The Hall–Kier alpha value is -1.06. The number of aryl methyl sites for hydroxylation is 1. The lowest BCUT2D eigenvalue weighted by Crippen LogP contribution is -2.39. The van der Waals surface area contributed by atoms with E-state index in [0.29, 0.717) is 11.8 Å². The highest BCUT2D eigenvalue weighted by atomic mass is 16.3. The Kier molecular flexibility index (Phi) is 4.48. The average Bonchev–Trinajstić information content (AvgIpc) is 2.78. The van der Waals surface area contributed by atoms with E-state index in [4.69, 9.17) is 0 Å². The molecule has 1 fully saturated rings. The molecule has 1 aromatic carbocycles. The standard InChI is InChI=1S/C16H26N2O/c1-12-7-8-16(19)15(10-12)13(2)18-9-5-6-14(18)11-17(3)4/h7-8,10,13-14,19H,5-6,9,11H2,1-4H3. The summed E-state index contributed by atoms with van der Waals surface area (Å²) in [4.78, 5) is 4.79. The Bertz CT molecular complexity index is 431. The molecule has 0 bridgehead atoms. The van der Waals surface area contributed by atoms with E-state index in [2.05, 4.69) is 43.8 Å². The average molecular weight is 262 g/mol. The molecule has 3 nitrogen and oxygen atoms in total. The van der Waals surface area contributed by atoms with Gasteiger partial charge in [0.1, 0.15) is 5.75 Å². The summed E-state index contributed by atoms with van der Waals surface area (Å²) >= 11 is 0. The molecule has 2 unspecified atom stereocenters. The van der Waals surface area contributed by atoms with Crippen LogP contribution in [0.1, 0.15) is 36.9 Å². The summed E-state index contributed by atoms with van der Waals surface area (Å²) in [7, 11) is 4.26. The van der Waals surface area contributed by atoms with Gasteiger partial charge >= 0.3 is 0 Å². The van der Waals surface area contributed by atoms with E-state index in [9.17, 15) is 5.11 Å². The zero-order valence-corrected chi connectivity index (χ0v) is 12.6. The van der Waals surface area contributed by atoms with Crippen molar-refractivity contribution in [2.24, 2.45) is 0 Å². The molecule has 0 aromatic heterocycles. The number of likely N-dealkylation sites (N-methyl/N-ethyl adjacent to an activating group) is 1. The van der Waals surface area contributed by atoms with Gasteiger partial charge in [-0.05, 0) is 53.4 Å². The first-order chi connectivity index (χ1) is 8.99. The van der Waals surface area contributed by atoms with Gasteiger partial charge in [0.15, 0.2) is 0 Å². The second-order valence-electron chi connectivity index (χ2n) is 6.03. The minimum Gasteiger partial charge on any atom is -0.508 e. The molecule has 2 atom stereocenters. The molecule has 0 radical (unpaired) electrons. The summed E-state index contributed by atoms with van der Waals surface area (Å²) in [6.07, 6.45) is 2.52. The Morgan fingerprint density at radius 1 is 1.42 bits per heavy atom. The number of likely N-dealkylation sites (tertiary alicyclic amines) is 1. The first-order valence-corrected chi connectivity index (χ1v) is 7.19. The fourth-order valence-electron chi connectivity index (χ4n) is 3.17. The van der Waals surface area contributed by atoms with Crippen LogP contribution in [-0.4, -0.2) is 48.1 Å². The first-order valence-electron chi connectivity index (χ1n) is 7.19. The van der Waals surface area contributed by atoms with Gasteiger partial charge in [-0.25, -0.2) is 0 Å². The molecule has 0 spiro atoms. The minimum atomic E-state index is 0.285. The Balaban J connectivity index is 2.18. The van der Waals surface area contributed by atoms with Crippen LogP contribution in [-0.2, 0) is 0 Å². The number of phenols is 1. The van der Waals surface area contributed by atoms with Gasteiger partial charge < -0.3 is 10.0 Å². The molecular formula is C16H26N2O. The first kappa shape index (κ1) is 14.4. The third kappa shape index (κ3) is 3.28. The third-order valence-electron chi connectivity index (χ3n) is 4.13. The molecule has 1 saturated heterocycles. The number of phenolic OH excluding ortho intramolecular Hbond substituents is 1. The van der Waals surface area contributed by atoms with E-state index in [-0.39, 0.29) is 6.04 Å². The normalized spacial score (nSPS) is 22.1. The maximum atomic E-state index is 10.1. The van der Waals surface area contributed by atoms with Crippen molar-refractivity contribution in [2.75, 3.05) is 27.2 Å². The Labute approximate surface area is 116 Å². The van der Waals surface area contributed by atoms with Gasteiger partial charge in [0.25, 0.3) is 0 Å². The van der Waals surface area contributed by atoms with Gasteiger partial charge in [-0.15, -0.1) is 0 Å². The molecule has 106 valence electrons. The predicted molar refractivity (Wildman–Crippen MR) is 79.5 cm³/mol. The summed E-state index contributed by atoms with van der Waals surface area (Å²) in [5.41, 5.74) is 2.27. The molecule has 19 heavy (non-hydrogen) atoms. The van der Waals surface area contributed by atoms with Crippen LogP contribution >= 0.6 is 0 Å². The molecule has 0 aliphatic carbocycles. The molecule has 0 saturated carbocycles. The highest BCUT2D eigenvalue weighted by molar-refractivity contribution is 5.38. The fourth-order valence-corrected chi connectivity index (χ4v) is 3.17. The maximum absolute atomic E-state index is 10.1. The maximum Gasteiger partial charge on any atom is 0.120 e. The zero-order valence-electron chi connectivity index (χ0n) is 12.6. The number of nitrogens with zero attached hydrogens (tertiary/aromatic N) is 2. The lowest BCUT2D eigenvalue weighted by molar-refractivity contribution is 0.160. The number of rotatable bonds is 4. The molecule has 3 heteroatoms. The summed E-state index contributed by atoms with van der Waals surface area (Å²) in [6, 6.07) is 6.79. The van der Waals surface area contributed by atoms with E-state index in [1.807, 2.05) is 12.1 Å². The quantitative estimate of drug-likeness (QED) is 0.904. The van der Waals surface area contributed by atoms with Crippen molar-refractivity contribution in [3.8, 4) is 5.75 Å². The molecule has 1 aliphatic heterocycles. The summed E-state index contributed by atoms with van der Waals surface area (Å²) < 4.78 is 0. The second kappa shape index (κ2) is 5.93. The Morgan fingerprint density at radius 2 is 2.16 bits per heavy atom. The second-order valence-corrected chi connectivity index (χ2v) is 6.03. The van der Waals surface area contributed by atoms with Gasteiger partial charge in [0.2, 0.25) is 0 Å². The van der Waals surface area contributed by atoms with Gasteiger partial charge in [-0.1, -0.05) is 17.7 Å². The van der Waals surface area contributed by atoms with Gasteiger partial charge in [0.05, 0.1) is 0 Å². The van der Waals surface area contributed by atoms with Crippen molar-refractivity contribution in [2.45, 2.75) is 38.8 Å². The van der Waals surface area contributed by atoms with Crippen LogP contribution in [0.15, 0.2) is 18.2 Å². The van der Waals surface area contributed by atoms with Crippen LogP contribution < -0.4 is 0 Å². The van der Waals surface area contributed by atoms with Crippen LogP contribution in [0.3, 0.4) is 0 Å². The molecule has 1 aliphatic rings. The smallest absolute Gasteiger partial charge is 0.120 e. The molecule has 1 aromatic rings. The Morgan fingerprint density at radius 3 is 2.84 bits per heavy atom. The van der Waals surface area contributed by atoms with Crippen molar-refractivity contribution in [3.05, 3.63) is 29.3 Å². The highest BCUT2D eigenvalue weighted by Gasteiger charge is 2.30. The van der Waals surface area contributed by atoms with E-state index in [0.717, 1.165) is 18.7 Å². The predicted octanol–water partition coefficient (Wildman–Crippen LogP) is 2.79. The van der Waals surface area contributed by atoms with E-state index in [1.165, 1.54) is 18.4 Å². The van der Waals surface area contributed by atoms with Crippen LogP contribution in [0.25, 0.3) is 0 Å². The van der Waals surface area contributed by atoms with E-state index >= 15 is 0 Å². The monoisotopic (exact) mass is 262 g/mol. The van der Waals surface area contributed by atoms with E-state index in [1.54, 1.807) is 0 Å². The molecule has 1 heterocycles. The summed E-state index contributed by atoms with van der Waals surface area (Å²) in [6.45, 7) is 6.52. The van der Waals surface area contributed by atoms with Crippen LogP contribution in [0.2, 0.25) is 0 Å². The van der Waals surface area contributed by atoms with Gasteiger partial charge in [-0.2, -0.15) is 0 Å². The van der Waals surface area contributed by atoms with Crippen molar-refractivity contribution < 1.29 is 5.11 Å². The topological polar surface area (TPSA) is 26.7 Å². The molecule has 1 N–H and O–H groups in total. The lowest BCUT2D eigenvalue weighted by Gasteiger charge is -2.33. The third-order valence-corrected chi connectivity index (χ3v) is 4.13. The van der Waals surface area contributed by atoms with Crippen molar-refractivity contribution >= 4 is 0 Å². The zero-order chi connectivity index (χ0) is 14.0. The van der Waals surface area contributed by atoms with Gasteiger partial charge in [-0.3, -0.25) is 4.90 Å². The number of aromatic hydroxyl groups is 1. The van der Waals surface area contributed by atoms with Crippen molar-refractivity contribution in [3.63, 3.8) is 0 Å². The van der Waals surface area contributed by atoms with Crippen LogP contribution in [0, 0.1) is 6.92 Å².